The summed E-state index contributed by atoms with van der Waals surface area (Å²) in [6, 6.07) is 9.82. The van der Waals surface area contributed by atoms with Gasteiger partial charge in [-0.3, -0.25) is 0 Å². The number of hydrogen-bond donors (Lipinski definition) is 0. The third-order valence-electron chi connectivity index (χ3n) is 2.35. The Morgan fingerprint density at radius 2 is 1.81 bits per heavy atom. The quantitative estimate of drug-likeness (QED) is 0.771. The minimum absolute atomic E-state index is 0.779. The van der Waals surface area contributed by atoms with Gasteiger partial charge in [0.05, 0.1) is 12.8 Å². The molecule has 0 aliphatic rings. The van der Waals surface area contributed by atoms with Crippen LogP contribution in [0.1, 0.15) is 11.5 Å². The van der Waals surface area contributed by atoms with Crippen molar-refractivity contribution in [2.45, 2.75) is 13.8 Å². The van der Waals surface area contributed by atoms with E-state index in [1.54, 1.807) is 7.11 Å². The summed E-state index contributed by atoms with van der Waals surface area (Å²) in [5.41, 5.74) is 2.87. The molecule has 0 N–H and O–H groups in total. The maximum absolute atomic E-state index is 5.32. The Morgan fingerprint density at radius 1 is 1.06 bits per heavy atom. The van der Waals surface area contributed by atoms with Gasteiger partial charge in [-0.2, -0.15) is 0 Å². The van der Waals surface area contributed by atoms with Crippen molar-refractivity contribution in [2.24, 2.45) is 0 Å². The van der Waals surface area contributed by atoms with Crippen molar-refractivity contribution in [3.8, 4) is 17.0 Å². The van der Waals surface area contributed by atoms with Crippen LogP contribution in [-0.2, 0) is 0 Å². The molecule has 0 radical (unpaired) electrons. The van der Waals surface area contributed by atoms with Crippen LogP contribution >= 0.6 is 0 Å². The number of hydrogen-bond acceptors (Lipinski definition) is 3. The lowest BCUT2D eigenvalue weighted by Crippen LogP contribution is -1.95. The predicted molar refractivity (Wildman–Crippen MR) is 63.5 cm³/mol. The molecule has 0 unspecified atom stereocenters. The zero-order valence-corrected chi connectivity index (χ0v) is 9.69. The first-order valence-corrected chi connectivity index (χ1v) is 5.16. The van der Waals surface area contributed by atoms with E-state index in [-0.39, 0.29) is 0 Å². The Balaban J connectivity index is 2.58. The van der Waals surface area contributed by atoms with E-state index in [1.165, 1.54) is 0 Å². The normalized spacial score (nSPS) is 10.2. The van der Waals surface area contributed by atoms with Gasteiger partial charge >= 0.3 is 0 Å². The average Bonchev–Trinajstić information content (AvgIpc) is 2.27. The Hall–Kier alpha value is -1.90. The third-order valence-corrected chi connectivity index (χ3v) is 2.35. The second-order valence-electron chi connectivity index (χ2n) is 3.64. The van der Waals surface area contributed by atoms with Gasteiger partial charge in [-0.15, -0.1) is 0 Å². The monoisotopic (exact) mass is 214 g/mol. The molecule has 0 bridgehead atoms. The SMILES string of the molecule is COc1ccccc1-c1cc(C)nc(C)n1. The molecular weight excluding hydrogens is 200 g/mol. The summed E-state index contributed by atoms with van der Waals surface area (Å²) >= 11 is 0. The smallest absolute Gasteiger partial charge is 0.128 e. The van der Waals surface area contributed by atoms with Gasteiger partial charge < -0.3 is 4.74 Å². The van der Waals surface area contributed by atoms with Crippen LogP contribution in [0, 0.1) is 13.8 Å². The van der Waals surface area contributed by atoms with Gasteiger partial charge in [0.15, 0.2) is 0 Å². The van der Waals surface area contributed by atoms with Crippen molar-refractivity contribution in [1.29, 1.82) is 0 Å². The van der Waals surface area contributed by atoms with Crippen molar-refractivity contribution in [3.63, 3.8) is 0 Å². The van der Waals surface area contributed by atoms with Crippen LogP contribution in [0.15, 0.2) is 30.3 Å². The minimum Gasteiger partial charge on any atom is -0.496 e. The molecule has 1 heterocycles. The molecule has 2 rings (SSSR count). The van der Waals surface area contributed by atoms with Gasteiger partial charge in [-0.05, 0) is 32.0 Å². The minimum atomic E-state index is 0.779. The van der Waals surface area contributed by atoms with Crippen LogP contribution in [0.4, 0.5) is 0 Å². The maximum atomic E-state index is 5.32. The Morgan fingerprint density at radius 3 is 2.50 bits per heavy atom. The fourth-order valence-electron chi connectivity index (χ4n) is 1.71. The van der Waals surface area contributed by atoms with Gasteiger partial charge in [0, 0.05) is 11.3 Å². The largest absolute Gasteiger partial charge is 0.496 e. The molecule has 2 aromatic rings. The lowest BCUT2D eigenvalue weighted by molar-refractivity contribution is 0.416. The topological polar surface area (TPSA) is 35.0 Å². The molecule has 0 spiro atoms. The van der Waals surface area contributed by atoms with Gasteiger partial charge in [0.1, 0.15) is 11.6 Å². The molecule has 16 heavy (non-hydrogen) atoms. The lowest BCUT2D eigenvalue weighted by atomic mass is 10.1. The Bertz CT molecular complexity index is 489. The number of rotatable bonds is 2. The van der Waals surface area contributed by atoms with Crippen molar-refractivity contribution in [2.75, 3.05) is 7.11 Å². The van der Waals surface area contributed by atoms with E-state index < -0.39 is 0 Å². The highest BCUT2D eigenvalue weighted by atomic mass is 16.5. The Kier molecular flexibility index (Phi) is 2.86. The Labute approximate surface area is 95.1 Å². The third kappa shape index (κ3) is 2.03. The van der Waals surface area contributed by atoms with Crippen molar-refractivity contribution < 1.29 is 4.74 Å². The highest BCUT2D eigenvalue weighted by Crippen LogP contribution is 2.28. The number of aryl methyl sites for hydroxylation is 2. The van der Waals surface area contributed by atoms with E-state index >= 15 is 0 Å². The number of benzene rings is 1. The number of aromatic nitrogens is 2. The van der Waals surface area contributed by atoms with Crippen LogP contribution in [0.3, 0.4) is 0 Å². The second-order valence-corrected chi connectivity index (χ2v) is 3.64. The molecule has 3 heteroatoms. The highest BCUT2D eigenvalue weighted by Gasteiger charge is 2.07. The van der Waals surface area contributed by atoms with E-state index in [2.05, 4.69) is 9.97 Å². The van der Waals surface area contributed by atoms with Crippen LogP contribution in [0.25, 0.3) is 11.3 Å². The molecule has 0 saturated heterocycles. The maximum Gasteiger partial charge on any atom is 0.128 e. The first-order valence-electron chi connectivity index (χ1n) is 5.16. The zero-order chi connectivity index (χ0) is 11.5. The van der Waals surface area contributed by atoms with E-state index in [1.807, 2.05) is 44.2 Å². The first kappa shape index (κ1) is 10.6. The molecule has 82 valence electrons. The summed E-state index contributed by atoms with van der Waals surface area (Å²) in [6.07, 6.45) is 0. The van der Waals surface area contributed by atoms with Crippen LogP contribution in [0.2, 0.25) is 0 Å². The summed E-state index contributed by atoms with van der Waals surface area (Å²) in [5.74, 6) is 1.61. The van der Waals surface area contributed by atoms with Gasteiger partial charge in [-0.1, -0.05) is 12.1 Å². The summed E-state index contributed by atoms with van der Waals surface area (Å²) in [4.78, 5) is 8.69. The zero-order valence-electron chi connectivity index (χ0n) is 9.69. The van der Waals surface area contributed by atoms with Crippen LogP contribution in [0.5, 0.6) is 5.75 Å². The fourth-order valence-corrected chi connectivity index (χ4v) is 1.71. The van der Waals surface area contributed by atoms with Crippen molar-refractivity contribution in [3.05, 3.63) is 41.9 Å². The molecule has 0 saturated carbocycles. The highest BCUT2D eigenvalue weighted by molar-refractivity contribution is 5.67. The number of ether oxygens (including phenoxy) is 1. The number of nitrogens with zero attached hydrogens (tertiary/aromatic N) is 2. The summed E-state index contributed by atoms with van der Waals surface area (Å²) in [5, 5.41) is 0. The molecular formula is C13H14N2O. The average molecular weight is 214 g/mol. The van der Waals surface area contributed by atoms with E-state index in [0.29, 0.717) is 0 Å². The fraction of sp³-hybridized carbons (Fsp3) is 0.231. The lowest BCUT2D eigenvalue weighted by Gasteiger charge is -2.08. The number of methoxy groups -OCH3 is 1. The first-order chi connectivity index (χ1) is 7.70. The molecule has 0 fully saturated rings. The molecule has 1 aromatic carbocycles. The number of para-hydroxylation sites is 1. The van der Waals surface area contributed by atoms with E-state index in [4.69, 9.17) is 4.74 Å². The van der Waals surface area contributed by atoms with Gasteiger partial charge in [0.25, 0.3) is 0 Å². The van der Waals surface area contributed by atoms with Gasteiger partial charge in [0.2, 0.25) is 0 Å². The predicted octanol–water partition coefficient (Wildman–Crippen LogP) is 2.77. The molecule has 3 nitrogen and oxygen atoms in total. The molecule has 0 aliphatic heterocycles. The molecule has 0 atom stereocenters. The molecule has 0 aliphatic carbocycles. The van der Waals surface area contributed by atoms with Gasteiger partial charge in [-0.25, -0.2) is 9.97 Å². The van der Waals surface area contributed by atoms with E-state index in [0.717, 1.165) is 28.5 Å². The van der Waals surface area contributed by atoms with Crippen molar-refractivity contribution in [1.82, 2.24) is 9.97 Å². The molecule has 1 aromatic heterocycles. The summed E-state index contributed by atoms with van der Waals surface area (Å²) in [7, 11) is 1.67. The van der Waals surface area contributed by atoms with Crippen molar-refractivity contribution >= 4 is 0 Å². The standard InChI is InChI=1S/C13H14N2O/c1-9-8-12(15-10(2)14-9)11-6-4-5-7-13(11)16-3/h4-8H,1-3H3. The summed E-state index contributed by atoms with van der Waals surface area (Å²) < 4.78 is 5.32. The van der Waals surface area contributed by atoms with Crippen LogP contribution in [-0.4, -0.2) is 17.1 Å². The summed E-state index contributed by atoms with van der Waals surface area (Å²) in [6.45, 7) is 3.86. The van der Waals surface area contributed by atoms with E-state index in [9.17, 15) is 0 Å². The second kappa shape index (κ2) is 4.31. The molecule has 0 amide bonds. The van der Waals surface area contributed by atoms with Crippen LogP contribution < -0.4 is 4.74 Å².